The normalized spacial score (nSPS) is 19.6. The topological polar surface area (TPSA) is 301 Å². The third-order valence-corrected chi connectivity index (χ3v) is 9.88. The van der Waals surface area contributed by atoms with Crippen LogP contribution in [0.5, 0.6) is 0 Å². The van der Waals surface area contributed by atoms with Crippen LogP contribution in [-0.4, -0.2) is 185 Å². The molecule has 0 aliphatic carbocycles. The highest BCUT2D eigenvalue weighted by atomic mass is 35.5. The number of aliphatic carboxylic acids is 1. The second kappa shape index (κ2) is 29.5. The molecule has 0 spiro atoms. The molecule has 6 atom stereocenters. The van der Waals surface area contributed by atoms with Crippen LogP contribution in [0.1, 0.15) is 64.1 Å². The number of carbonyl (C=O) groups excluding carboxylic acids is 3. The van der Waals surface area contributed by atoms with E-state index in [0.717, 1.165) is 18.5 Å². The van der Waals surface area contributed by atoms with Gasteiger partial charge in [-0.1, -0.05) is 41.8 Å². The number of aliphatic hydroxyl groups is 4. The Labute approximate surface area is 383 Å². The quantitative estimate of drug-likeness (QED) is 0.0452. The number of nitrogens with zero attached hydrogens (tertiary/aromatic N) is 3. The zero-order chi connectivity index (χ0) is 47.7. The maximum atomic E-state index is 12.6. The number of carbonyl (C=O) groups is 4. The molecule has 65 heavy (non-hydrogen) atoms. The van der Waals surface area contributed by atoms with Gasteiger partial charge < -0.3 is 74.6 Å². The molecule has 3 rings (SSSR count). The Morgan fingerprint density at radius 2 is 1.52 bits per heavy atom. The summed E-state index contributed by atoms with van der Waals surface area (Å²) in [6, 6.07) is 5.08. The molecule has 22 nitrogen and oxygen atoms in total. The minimum Gasteiger partial charge on any atom is -0.477 e. The predicted molar refractivity (Wildman–Crippen MR) is 231 cm³/mol. The molecule has 1 fully saturated rings. The van der Waals surface area contributed by atoms with Crippen molar-refractivity contribution in [1.82, 2.24) is 30.9 Å². The number of ether oxygens (including phenoxy) is 7. The molecule has 2 heterocycles. The molecule has 0 bridgehead atoms. The van der Waals surface area contributed by atoms with Gasteiger partial charge in [-0.2, -0.15) is 0 Å². The van der Waals surface area contributed by atoms with Gasteiger partial charge in [0.05, 0.1) is 96.4 Å². The Kier molecular flexibility index (Phi) is 25.1. The SMILES string of the molecule is CC(C)(C)OC(=O)NCCOCCOCCOCCOCCn1cc(CCCCCCO[C@]2(C(=O)O)C[C@H](O)[C@@H](NC(=O)CO)[C@H]([C@H](O)[C@H](O)CNC(=O)Cc3ccc(Cl)cc3)O2)nn1. The van der Waals surface area contributed by atoms with Gasteiger partial charge in [0.2, 0.25) is 11.8 Å². The molecule has 1 aliphatic heterocycles. The van der Waals surface area contributed by atoms with E-state index in [4.69, 9.17) is 44.8 Å². The van der Waals surface area contributed by atoms with Crippen LogP contribution in [0.25, 0.3) is 0 Å². The Morgan fingerprint density at radius 3 is 2.15 bits per heavy atom. The zero-order valence-corrected chi connectivity index (χ0v) is 38.1. The number of hydrogen-bond donors (Lipinski definition) is 8. The lowest BCUT2D eigenvalue weighted by Gasteiger charge is -2.46. The molecule has 3 amide bonds. The third kappa shape index (κ3) is 21.9. The highest BCUT2D eigenvalue weighted by molar-refractivity contribution is 6.30. The van der Waals surface area contributed by atoms with Gasteiger partial charge >= 0.3 is 12.1 Å². The van der Waals surface area contributed by atoms with Crippen molar-refractivity contribution in [1.29, 1.82) is 0 Å². The predicted octanol–water partition coefficient (Wildman–Crippen LogP) is 0.131. The highest BCUT2D eigenvalue weighted by Crippen LogP contribution is 2.34. The van der Waals surface area contributed by atoms with Crippen molar-refractivity contribution >= 4 is 35.5 Å². The molecule has 0 radical (unpaired) electrons. The minimum atomic E-state index is -2.45. The number of carboxylic acid groups (broad SMARTS) is 1. The number of unbranched alkanes of at least 4 members (excludes halogenated alkanes) is 3. The van der Waals surface area contributed by atoms with E-state index in [-0.39, 0.29) is 13.0 Å². The zero-order valence-electron chi connectivity index (χ0n) is 37.4. The second-order valence-corrected chi connectivity index (χ2v) is 16.6. The summed E-state index contributed by atoms with van der Waals surface area (Å²) in [4.78, 5) is 48.7. The lowest BCUT2D eigenvalue weighted by molar-refractivity contribution is -0.310. The van der Waals surface area contributed by atoms with Gasteiger partial charge in [0.1, 0.15) is 24.4 Å². The van der Waals surface area contributed by atoms with E-state index in [2.05, 4.69) is 26.3 Å². The van der Waals surface area contributed by atoms with Gasteiger partial charge in [0, 0.05) is 30.7 Å². The van der Waals surface area contributed by atoms with Crippen LogP contribution >= 0.6 is 11.6 Å². The van der Waals surface area contributed by atoms with Crippen LogP contribution in [0.2, 0.25) is 5.02 Å². The molecule has 23 heteroatoms. The van der Waals surface area contributed by atoms with Crippen molar-refractivity contribution in [2.75, 3.05) is 79.2 Å². The molecule has 0 unspecified atom stereocenters. The fourth-order valence-electron chi connectivity index (χ4n) is 6.38. The largest absolute Gasteiger partial charge is 0.477 e. The summed E-state index contributed by atoms with van der Waals surface area (Å²) in [6.07, 6.45) is -3.11. The van der Waals surface area contributed by atoms with Crippen LogP contribution in [0, 0.1) is 0 Å². The fourth-order valence-corrected chi connectivity index (χ4v) is 6.50. The summed E-state index contributed by atoms with van der Waals surface area (Å²) in [5, 5.41) is 68.7. The number of aromatic nitrogens is 3. The van der Waals surface area contributed by atoms with E-state index in [1.807, 2.05) is 6.20 Å². The Morgan fingerprint density at radius 1 is 0.892 bits per heavy atom. The Bertz CT molecular complexity index is 1700. The number of aryl methyl sites for hydroxylation is 1. The van der Waals surface area contributed by atoms with Crippen LogP contribution in [0.4, 0.5) is 4.79 Å². The number of aliphatic hydroxyl groups excluding tert-OH is 4. The number of benzene rings is 1. The smallest absolute Gasteiger partial charge is 0.407 e. The Balaban J connectivity index is 1.29. The van der Waals surface area contributed by atoms with E-state index in [1.165, 1.54) is 0 Å². The summed E-state index contributed by atoms with van der Waals surface area (Å²) < 4.78 is 40.3. The first-order chi connectivity index (χ1) is 31.0. The van der Waals surface area contributed by atoms with E-state index in [9.17, 15) is 44.7 Å². The summed E-state index contributed by atoms with van der Waals surface area (Å²) in [5.74, 6) is -5.48. The number of rotatable bonds is 32. The summed E-state index contributed by atoms with van der Waals surface area (Å²) in [7, 11) is 0. The number of halogens is 1. The highest BCUT2D eigenvalue weighted by Gasteiger charge is 2.55. The van der Waals surface area contributed by atoms with E-state index < -0.39 is 85.3 Å². The molecule has 1 saturated heterocycles. The van der Waals surface area contributed by atoms with Crippen molar-refractivity contribution < 1.29 is 77.9 Å². The molecule has 1 aliphatic rings. The standard InChI is InChI=1S/C42H67ClN6O16/c1-41(2,3)65-40(58)44-13-16-59-18-20-61-22-23-62-21-19-60-17-14-49-27-31(47-48-49)8-6-4-5-7-15-63-42(39(56)57)25-32(51)36(46-35(54)28-50)38(64-42)37(55)33(52)26-45-34(53)24-29-9-11-30(43)12-10-29/h9-12,27,32-33,36-38,50-52,55H,4-8,13-26,28H2,1-3H3,(H,44,58)(H,45,53)(H,46,54)(H,56,57)/t32-,33+,36+,37+,38+,42+/m0/s1. The number of hydrogen-bond acceptors (Lipinski definition) is 17. The van der Waals surface area contributed by atoms with Crippen molar-refractivity contribution in [2.24, 2.45) is 0 Å². The van der Waals surface area contributed by atoms with Crippen molar-refractivity contribution in [3.05, 3.63) is 46.7 Å². The first kappa shape index (κ1) is 55.3. The summed E-state index contributed by atoms with van der Waals surface area (Å²) in [5.41, 5.74) is 0.897. The van der Waals surface area contributed by atoms with Crippen LogP contribution < -0.4 is 16.0 Å². The molecule has 8 N–H and O–H groups in total. The molecule has 368 valence electrons. The first-order valence-corrected chi connectivity index (χ1v) is 22.1. The minimum absolute atomic E-state index is 0.0559. The van der Waals surface area contributed by atoms with Crippen LogP contribution in [0.3, 0.4) is 0 Å². The first-order valence-electron chi connectivity index (χ1n) is 21.7. The van der Waals surface area contributed by atoms with E-state index >= 15 is 0 Å². The molecule has 0 saturated carbocycles. The van der Waals surface area contributed by atoms with Gasteiger partial charge in [-0.3, -0.25) is 9.59 Å². The molecule has 1 aromatic heterocycles. The van der Waals surface area contributed by atoms with Gasteiger partial charge in [-0.15, -0.1) is 5.10 Å². The number of nitrogens with one attached hydrogen (secondary N) is 3. The van der Waals surface area contributed by atoms with Gasteiger partial charge in [0.25, 0.3) is 5.79 Å². The van der Waals surface area contributed by atoms with Crippen molar-refractivity contribution in [3.8, 4) is 0 Å². The lowest BCUT2D eigenvalue weighted by atomic mass is 9.88. The van der Waals surface area contributed by atoms with Gasteiger partial charge in [-0.25, -0.2) is 14.3 Å². The maximum Gasteiger partial charge on any atom is 0.407 e. The molecule has 1 aromatic carbocycles. The van der Waals surface area contributed by atoms with Crippen molar-refractivity contribution in [3.63, 3.8) is 0 Å². The van der Waals surface area contributed by atoms with Gasteiger partial charge in [0.15, 0.2) is 0 Å². The Hall–Kier alpha value is -4.07. The fraction of sp³-hybridized carbons (Fsp3) is 0.714. The number of carboxylic acids is 1. The number of amides is 3. The molecule has 2 aromatic rings. The second-order valence-electron chi connectivity index (χ2n) is 16.2. The molecular formula is C42H67ClN6O16. The maximum absolute atomic E-state index is 12.6. The third-order valence-electron chi connectivity index (χ3n) is 9.63. The monoisotopic (exact) mass is 946 g/mol. The van der Waals surface area contributed by atoms with Crippen LogP contribution in [0.15, 0.2) is 30.5 Å². The number of alkyl carbamates (subject to hydrolysis) is 1. The van der Waals surface area contributed by atoms with E-state index in [1.54, 1.807) is 49.7 Å². The average Bonchev–Trinajstić information content (AvgIpc) is 3.71. The van der Waals surface area contributed by atoms with Crippen LogP contribution in [-0.2, 0) is 66.9 Å². The van der Waals surface area contributed by atoms with Gasteiger partial charge in [-0.05, 0) is 57.7 Å². The average molecular weight is 947 g/mol. The molecular weight excluding hydrogens is 880 g/mol. The lowest BCUT2D eigenvalue weighted by Crippen LogP contribution is -2.68. The van der Waals surface area contributed by atoms with Crippen molar-refractivity contribution in [2.45, 2.75) is 114 Å². The summed E-state index contributed by atoms with van der Waals surface area (Å²) >= 11 is 5.89. The van der Waals surface area contributed by atoms with E-state index in [0.29, 0.717) is 95.8 Å². The summed E-state index contributed by atoms with van der Waals surface area (Å²) in [6.45, 7) is 7.89.